The lowest BCUT2D eigenvalue weighted by Gasteiger charge is -2.42. The van der Waals surface area contributed by atoms with Gasteiger partial charge in [-0.2, -0.15) is 0 Å². The molecule has 9 heteroatoms. The fourth-order valence-corrected chi connectivity index (χ4v) is 3.24. The average molecular weight is 425 g/mol. The Labute approximate surface area is 179 Å². The lowest BCUT2D eigenvalue weighted by atomic mass is 9.86. The van der Waals surface area contributed by atoms with Gasteiger partial charge >= 0.3 is 12.1 Å². The van der Waals surface area contributed by atoms with E-state index >= 15 is 0 Å². The van der Waals surface area contributed by atoms with E-state index in [2.05, 4.69) is 5.32 Å². The van der Waals surface area contributed by atoms with E-state index in [1.807, 2.05) is 24.3 Å². The SMILES string of the molecule is CC(=O)OC1C(C(=O)[C@H](Cc2ccccc2)NC(=O)OCc2ccccc2)C(=O)N1N. The van der Waals surface area contributed by atoms with E-state index in [9.17, 15) is 19.2 Å². The van der Waals surface area contributed by atoms with Crippen molar-refractivity contribution in [2.45, 2.75) is 32.2 Å². The molecule has 1 aliphatic heterocycles. The number of ether oxygens (including phenoxy) is 2. The maximum atomic E-state index is 13.1. The quantitative estimate of drug-likeness (QED) is 0.215. The van der Waals surface area contributed by atoms with E-state index in [4.69, 9.17) is 15.3 Å². The summed E-state index contributed by atoms with van der Waals surface area (Å²) in [6, 6.07) is 17.0. The van der Waals surface area contributed by atoms with Gasteiger partial charge in [-0.15, -0.1) is 0 Å². The van der Waals surface area contributed by atoms with Crippen LogP contribution in [0.25, 0.3) is 0 Å². The van der Waals surface area contributed by atoms with E-state index in [1.54, 1.807) is 36.4 Å². The minimum atomic E-state index is -1.29. The van der Waals surface area contributed by atoms with Crippen LogP contribution in [0.5, 0.6) is 0 Å². The predicted molar refractivity (Wildman–Crippen MR) is 109 cm³/mol. The third-order valence-electron chi connectivity index (χ3n) is 4.80. The number of alkyl carbamates (subject to hydrolysis) is 1. The van der Waals surface area contributed by atoms with Crippen LogP contribution in [0.3, 0.4) is 0 Å². The molecule has 0 aliphatic carbocycles. The number of hydrogen-bond acceptors (Lipinski definition) is 7. The lowest BCUT2D eigenvalue weighted by Crippen LogP contribution is -2.70. The van der Waals surface area contributed by atoms with Crippen molar-refractivity contribution >= 4 is 23.8 Å². The first-order chi connectivity index (χ1) is 14.9. The first-order valence-electron chi connectivity index (χ1n) is 9.66. The van der Waals surface area contributed by atoms with E-state index in [0.717, 1.165) is 18.1 Å². The molecule has 0 radical (unpaired) electrons. The number of nitrogens with one attached hydrogen (secondary N) is 1. The lowest BCUT2D eigenvalue weighted by molar-refractivity contribution is -0.198. The van der Waals surface area contributed by atoms with Crippen LogP contribution in [0.15, 0.2) is 60.7 Å². The zero-order chi connectivity index (χ0) is 22.4. The first-order valence-corrected chi connectivity index (χ1v) is 9.66. The van der Waals surface area contributed by atoms with E-state index in [0.29, 0.717) is 5.01 Å². The Morgan fingerprint density at radius 2 is 1.61 bits per heavy atom. The van der Waals surface area contributed by atoms with Crippen LogP contribution in [0.1, 0.15) is 18.1 Å². The monoisotopic (exact) mass is 425 g/mol. The van der Waals surface area contributed by atoms with Crippen LogP contribution in [0.2, 0.25) is 0 Å². The molecule has 1 fully saturated rings. The summed E-state index contributed by atoms with van der Waals surface area (Å²) >= 11 is 0. The van der Waals surface area contributed by atoms with Crippen molar-refractivity contribution in [2.75, 3.05) is 0 Å². The Kier molecular flexibility index (Phi) is 6.99. The molecule has 2 amide bonds. The van der Waals surface area contributed by atoms with E-state index in [1.165, 1.54) is 0 Å². The summed E-state index contributed by atoms with van der Waals surface area (Å²) in [7, 11) is 0. The molecule has 0 saturated carbocycles. The van der Waals surface area contributed by atoms with Crippen molar-refractivity contribution in [2.24, 2.45) is 11.8 Å². The summed E-state index contributed by atoms with van der Waals surface area (Å²) in [6.45, 7) is 1.17. The molecule has 3 atom stereocenters. The summed E-state index contributed by atoms with van der Waals surface area (Å²) < 4.78 is 10.2. The Hall–Kier alpha value is -3.72. The van der Waals surface area contributed by atoms with Gasteiger partial charge in [-0.05, 0) is 17.5 Å². The number of hydrazine groups is 1. The number of β-lactam (4-membered cyclic amide) rings is 1. The number of rotatable bonds is 8. The van der Waals surface area contributed by atoms with Crippen LogP contribution in [0.4, 0.5) is 4.79 Å². The highest BCUT2D eigenvalue weighted by molar-refractivity contribution is 6.08. The molecular weight excluding hydrogens is 402 g/mol. The zero-order valence-corrected chi connectivity index (χ0v) is 16.9. The predicted octanol–water partition coefficient (Wildman–Crippen LogP) is 1.31. The number of benzene rings is 2. The maximum absolute atomic E-state index is 13.1. The number of hydrogen-bond donors (Lipinski definition) is 2. The van der Waals surface area contributed by atoms with Crippen molar-refractivity contribution in [3.05, 3.63) is 71.8 Å². The van der Waals surface area contributed by atoms with Gasteiger partial charge in [0, 0.05) is 6.92 Å². The summed E-state index contributed by atoms with van der Waals surface area (Å²) in [5.74, 6) is 2.28. The van der Waals surface area contributed by atoms with Crippen molar-refractivity contribution in [3.63, 3.8) is 0 Å². The highest BCUT2D eigenvalue weighted by atomic mass is 16.6. The van der Waals surface area contributed by atoms with Gasteiger partial charge in [0.25, 0.3) is 5.91 Å². The molecule has 0 spiro atoms. The molecule has 3 N–H and O–H groups in total. The topological polar surface area (TPSA) is 128 Å². The largest absolute Gasteiger partial charge is 0.445 e. The molecule has 1 aliphatic rings. The molecule has 1 heterocycles. The zero-order valence-electron chi connectivity index (χ0n) is 16.9. The summed E-state index contributed by atoms with van der Waals surface area (Å²) in [4.78, 5) is 49.0. The molecule has 1 saturated heterocycles. The van der Waals surface area contributed by atoms with Crippen LogP contribution in [0, 0.1) is 5.92 Å². The number of amides is 2. The van der Waals surface area contributed by atoms with Gasteiger partial charge in [0.1, 0.15) is 6.61 Å². The van der Waals surface area contributed by atoms with Crippen LogP contribution >= 0.6 is 0 Å². The maximum Gasteiger partial charge on any atom is 0.408 e. The van der Waals surface area contributed by atoms with Crippen molar-refractivity contribution in [3.8, 4) is 0 Å². The average Bonchev–Trinajstić information content (AvgIpc) is 2.77. The fourth-order valence-electron chi connectivity index (χ4n) is 3.24. The molecule has 0 aromatic heterocycles. The van der Waals surface area contributed by atoms with Gasteiger partial charge in [0.15, 0.2) is 11.7 Å². The fraction of sp³-hybridized carbons (Fsp3) is 0.273. The molecule has 2 aromatic rings. The van der Waals surface area contributed by atoms with Gasteiger partial charge in [0.05, 0.1) is 6.04 Å². The minimum Gasteiger partial charge on any atom is -0.445 e. The number of esters is 1. The molecule has 0 bridgehead atoms. The van der Waals surface area contributed by atoms with Crippen LogP contribution in [-0.4, -0.2) is 41.0 Å². The Bertz CT molecular complexity index is 950. The Morgan fingerprint density at radius 3 is 2.19 bits per heavy atom. The van der Waals surface area contributed by atoms with Gasteiger partial charge in [0.2, 0.25) is 6.23 Å². The van der Waals surface area contributed by atoms with Crippen LogP contribution in [-0.2, 0) is 36.9 Å². The van der Waals surface area contributed by atoms with E-state index < -0.39 is 41.9 Å². The van der Waals surface area contributed by atoms with Gasteiger partial charge in [-0.3, -0.25) is 14.4 Å². The van der Waals surface area contributed by atoms with Crippen molar-refractivity contribution in [1.29, 1.82) is 0 Å². The summed E-state index contributed by atoms with van der Waals surface area (Å²) in [5.41, 5.74) is 1.55. The normalized spacial score (nSPS) is 18.5. The second-order valence-electron chi connectivity index (χ2n) is 7.07. The van der Waals surface area contributed by atoms with E-state index in [-0.39, 0.29) is 13.0 Å². The third-order valence-corrected chi connectivity index (χ3v) is 4.80. The number of carbonyl (C=O) groups is 4. The van der Waals surface area contributed by atoms with Crippen molar-refractivity contribution < 1.29 is 28.7 Å². The molecule has 162 valence electrons. The minimum absolute atomic E-state index is 0.0218. The second-order valence-corrected chi connectivity index (χ2v) is 7.07. The standard InChI is InChI=1S/C22H23N3O6/c1-14(26)31-21-18(20(28)25(21)23)19(27)17(12-15-8-4-2-5-9-15)24-22(29)30-13-16-10-6-3-7-11-16/h2-11,17-18,21H,12-13,23H2,1H3,(H,24,29)/t17-,18?,21?/m0/s1. The second kappa shape index (κ2) is 9.86. The number of nitrogens with zero attached hydrogens (tertiary/aromatic N) is 1. The summed E-state index contributed by atoms with van der Waals surface area (Å²) in [6.07, 6.45) is -1.89. The molecule has 31 heavy (non-hydrogen) atoms. The first kappa shape index (κ1) is 22.0. The van der Waals surface area contributed by atoms with Crippen LogP contribution < -0.4 is 11.2 Å². The number of Topliss-reactive ketones (excluding diaryl/α,β-unsaturated/α-hetero) is 1. The number of ketones is 1. The Balaban J connectivity index is 1.72. The molecule has 3 rings (SSSR count). The number of nitrogens with two attached hydrogens (primary N) is 1. The highest BCUT2D eigenvalue weighted by Gasteiger charge is 2.54. The van der Waals surface area contributed by atoms with Gasteiger partial charge in [-0.1, -0.05) is 60.7 Å². The number of carbonyl (C=O) groups excluding carboxylic acids is 4. The molecule has 2 unspecified atom stereocenters. The molecule has 9 nitrogen and oxygen atoms in total. The van der Waals surface area contributed by atoms with Gasteiger partial charge in [-0.25, -0.2) is 15.6 Å². The van der Waals surface area contributed by atoms with Crippen molar-refractivity contribution in [1.82, 2.24) is 10.3 Å². The highest BCUT2D eigenvalue weighted by Crippen LogP contribution is 2.27. The Morgan fingerprint density at radius 1 is 1.03 bits per heavy atom. The smallest absolute Gasteiger partial charge is 0.408 e. The van der Waals surface area contributed by atoms with Gasteiger partial charge < -0.3 is 14.8 Å². The molecular formula is C22H23N3O6. The summed E-state index contributed by atoms with van der Waals surface area (Å²) in [5, 5.41) is 3.22. The molecule has 2 aromatic carbocycles. The third kappa shape index (κ3) is 5.46.